The zero-order chi connectivity index (χ0) is 53.2. The fraction of sp³-hybridized carbons (Fsp3) is 0.500. The van der Waals surface area contributed by atoms with E-state index < -0.39 is 152 Å². The molecule has 0 radical (unpaired) electrons. The maximum atomic E-state index is 14.7. The van der Waals surface area contributed by atoms with Gasteiger partial charge < -0.3 is 0 Å². The van der Waals surface area contributed by atoms with Crippen molar-refractivity contribution in [3.63, 3.8) is 0 Å². The summed E-state index contributed by atoms with van der Waals surface area (Å²) in [5.41, 5.74) is -6.54. The minimum Gasteiger partial charge on any atom is -0.194 e. The lowest BCUT2D eigenvalue weighted by Gasteiger charge is -2.42. The van der Waals surface area contributed by atoms with Gasteiger partial charge in [0.15, 0.2) is 0 Å². The SMILES string of the molecule is FC(F)(F)C(F)(F)C(F)(F)C(F)(F)C(F)(F)C(F)(F)C(F)(F)C(F)(F)c1ccc(-c2ccc(-c3ccc(C(F)(F)C(F)(F)C(F)(F)C(F)(F)C(F)(F)C(F)(F)C(F)(F)C(F)(F)F)cc3)s2)cc1. The molecule has 3 aromatic rings. The van der Waals surface area contributed by atoms with Crippen molar-refractivity contribution >= 4 is 11.3 Å². The maximum absolute atomic E-state index is 14.7. The van der Waals surface area contributed by atoms with E-state index in [1.807, 2.05) is 0 Å². The molecule has 0 saturated carbocycles. The minimum absolute atomic E-state index is 0.128. The minimum atomic E-state index is -8.90. The molecule has 2 aromatic carbocycles. The Morgan fingerprint density at radius 3 is 0.582 bits per heavy atom. The molecule has 0 aliphatic rings. The van der Waals surface area contributed by atoms with Gasteiger partial charge in [0.05, 0.1) is 0 Å². The van der Waals surface area contributed by atoms with Gasteiger partial charge in [-0.25, -0.2) is 0 Å². The van der Waals surface area contributed by atoms with Gasteiger partial charge in [-0.1, -0.05) is 48.5 Å². The second-order valence-electron chi connectivity index (χ2n) is 13.4. The van der Waals surface area contributed by atoms with Crippen LogP contribution in [0.3, 0.4) is 0 Å². The fourth-order valence-corrected chi connectivity index (χ4v) is 6.04. The highest BCUT2D eigenvalue weighted by atomic mass is 32.1. The second kappa shape index (κ2) is 15.6. The van der Waals surface area contributed by atoms with E-state index in [9.17, 15) is 149 Å². The Labute approximate surface area is 349 Å². The molecular formula is C32H10F34S. The van der Waals surface area contributed by atoms with E-state index in [-0.39, 0.29) is 35.6 Å². The fourth-order valence-electron chi connectivity index (χ4n) is 5.03. The Hall–Kier alpha value is -4.24. The highest BCUT2D eigenvalue weighted by Gasteiger charge is 2.97. The van der Waals surface area contributed by atoms with Crippen LogP contribution in [0.4, 0.5) is 149 Å². The van der Waals surface area contributed by atoms with E-state index in [1.54, 1.807) is 0 Å². The van der Waals surface area contributed by atoms with Crippen LogP contribution in [0.5, 0.6) is 0 Å². The van der Waals surface area contributed by atoms with Crippen LogP contribution >= 0.6 is 11.3 Å². The molecule has 382 valence electrons. The molecule has 0 nitrogen and oxygen atoms in total. The van der Waals surface area contributed by atoms with E-state index >= 15 is 0 Å². The van der Waals surface area contributed by atoms with E-state index in [1.165, 1.54) is 0 Å². The molecule has 35 heteroatoms. The van der Waals surface area contributed by atoms with Gasteiger partial charge >= 0.3 is 95.3 Å². The highest BCUT2D eigenvalue weighted by Crippen LogP contribution is 2.67. The zero-order valence-corrected chi connectivity index (χ0v) is 30.8. The average molecular weight is 1070 g/mol. The smallest absolute Gasteiger partial charge is 0.194 e. The number of thiophene rings is 1. The summed E-state index contributed by atoms with van der Waals surface area (Å²) in [6.07, 6.45) is -16.0. The van der Waals surface area contributed by atoms with Crippen LogP contribution in [-0.4, -0.2) is 83.4 Å². The monoisotopic (exact) mass is 1070 g/mol. The molecule has 0 N–H and O–H groups in total. The van der Waals surface area contributed by atoms with Gasteiger partial charge in [-0.2, -0.15) is 149 Å². The normalized spacial score (nSPS) is 15.9. The zero-order valence-electron chi connectivity index (χ0n) is 30.0. The highest BCUT2D eigenvalue weighted by molar-refractivity contribution is 7.18. The number of hydrogen-bond donors (Lipinski definition) is 0. The summed E-state index contributed by atoms with van der Waals surface area (Å²) in [7, 11) is 0. The first-order valence-electron chi connectivity index (χ1n) is 15.9. The van der Waals surface area contributed by atoms with Crippen molar-refractivity contribution < 1.29 is 149 Å². The number of benzene rings is 2. The quantitative estimate of drug-likeness (QED) is 0.125. The number of halogens is 34. The number of hydrogen-bond acceptors (Lipinski definition) is 1. The van der Waals surface area contributed by atoms with Gasteiger partial charge in [-0.3, -0.25) is 0 Å². The Bertz CT molecular complexity index is 2080. The van der Waals surface area contributed by atoms with Crippen molar-refractivity contribution in [2.24, 2.45) is 0 Å². The summed E-state index contributed by atoms with van der Waals surface area (Å²) in [5, 5.41) is 0. The van der Waals surface area contributed by atoms with Gasteiger partial charge in [0.1, 0.15) is 0 Å². The lowest BCUT2D eigenvalue weighted by atomic mass is 9.87. The van der Waals surface area contributed by atoms with Crippen molar-refractivity contribution in [2.75, 3.05) is 0 Å². The van der Waals surface area contributed by atoms with Gasteiger partial charge in [-0.05, 0) is 23.3 Å². The molecule has 0 spiro atoms. The van der Waals surface area contributed by atoms with Crippen LogP contribution < -0.4 is 0 Å². The predicted octanol–water partition coefficient (Wildman–Crippen LogP) is 16.0. The Morgan fingerprint density at radius 1 is 0.209 bits per heavy atom. The van der Waals surface area contributed by atoms with Crippen LogP contribution in [-0.2, 0) is 11.8 Å². The Morgan fingerprint density at radius 2 is 0.388 bits per heavy atom. The van der Waals surface area contributed by atoms with Crippen LogP contribution in [0.1, 0.15) is 11.1 Å². The summed E-state index contributed by atoms with van der Waals surface area (Å²) in [4.78, 5) is -0.866. The first kappa shape index (κ1) is 57.1. The first-order valence-corrected chi connectivity index (χ1v) is 16.7. The summed E-state index contributed by atoms with van der Waals surface area (Å²) in [6.45, 7) is 0. The van der Waals surface area contributed by atoms with Gasteiger partial charge in [0.25, 0.3) is 0 Å². The number of rotatable bonds is 16. The van der Waals surface area contributed by atoms with Crippen LogP contribution in [0, 0.1) is 0 Å². The first-order chi connectivity index (χ1) is 29.1. The van der Waals surface area contributed by atoms with E-state index in [0.29, 0.717) is 0 Å². The molecular weight excluding hydrogens is 1060 g/mol. The standard InChI is InChI=1S/C32H10F34S/c33-17(34,19(37,38)21(41,42)23(45,46)25(49,50)27(53,54)29(57,58)31(61,62)63)13-5-1-11(2-6-13)15-9-10-16(67-15)12-3-7-14(8-4-12)18(35,36)20(39,40)22(43,44)24(47,48)26(51,52)28(55,56)30(59,60)32(64,65)66/h1-10H. The maximum Gasteiger partial charge on any atom is 0.460 e. The molecule has 67 heavy (non-hydrogen) atoms. The lowest BCUT2D eigenvalue weighted by Crippen LogP contribution is -2.74. The third kappa shape index (κ3) is 7.56. The van der Waals surface area contributed by atoms with Gasteiger partial charge in [0, 0.05) is 20.9 Å². The van der Waals surface area contributed by atoms with Gasteiger partial charge in [0.2, 0.25) is 0 Å². The predicted molar refractivity (Wildman–Crippen MR) is 154 cm³/mol. The van der Waals surface area contributed by atoms with Crippen molar-refractivity contribution in [3.8, 4) is 20.9 Å². The van der Waals surface area contributed by atoms with Gasteiger partial charge in [-0.15, -0.1) is 11.3 Å². The van der Waals surface area contributed by atoms with E-state index in [0.717, 1.165) is 12.1 Å². The summed E-state index contributed by atoms with van der Waals surface area (Å²) >= 11 is 0.208. The molecule has 1 aromatic heterocycles. The molecule has 0 bridgehead atoms. The van der Waals surface area contributed by atoms with Crippen LogP contribution in [0.25, 0.3) is 20.9 Å². The summed E-state index contributed by atoms with van der Waals surface area (Å²) < 4.78 is 464. The number of alkyl halides is 34. The topological polar surface area (TPSA) is 0 Å². The Kier molecular flexibility index (Phi) is 13.3. The molecule has 0 saturated heterocycles. The second-order valence-corrected chi connectivity index (χ2v) is 14.4. The van der Waals surface area contributed by atoms with Crippen molar-refractivity contribution in [2.45, 2.75) is 95.3 Å². The molecule has 3 rings (SSSR count). The molecule has 0 atom stereocenters. The van der Waals surface area contributed by atoms with E-state index in [4.69, 9.17) is 0 Å². The molecule has 0 amide bonds. The van der Waals surface area contributed by atoms with Crippen molar-refractivity contribution in [1.82, 2.24) is 0 Å². The van der Waals surface area contributed by atoms with Crippen LogP contribution in [0.15, 0.2) is 60.7 Å². The third-order valence-corrected chi connectivity index (χ3v) is 10.3. The average Bonchev–Trinajstić information content (AvgIpc) is 3.66. The molecule has 1 heterocycles. The molecule has 0 aliphatic carbocycles. The molecule has 0 unspecified atom stereocenters. The molecule has 0 aliphatic heterocycles. The Balaban J connectivity index is 1.97. The van der Waals surface area contributed by atoms with E-state index in [2.05, 4.69) is 0 Å². The third-order valence-electron chi connectivity index (χ3n) is 9.11. The largest absolute Gasteiger partial charge is 0.460 e. The molecule has 0 fully saturated rings. The lowest BCUT2D eigenvalue weighted by molar-refractivity contribution is -0.462. The summed E-state index contributed by atoms with van der Waals surface area (Å²) in [5.74, 6) is -117. The van der Waals surface area contributed by atoms with Crippen molar-refractivity contribution in [3.05, 3.63) is 71.8 Å². The summed E-state index contributed by atoms with van der Waals surface area (Å²) in [6, 6.07) is 0.319. The van der Waals surface area contributed by atoms with Crippen molar-refractivity contribution in [1.29, 1.82) is 0 Å². The van der Waals surface area contributed by atoms with Crippen LogP contribution in [0.2, 0.25) is 0 Å².